The minimum atomic E-state index is -1.78. The van der Waals surface area contributed by atoms with E-state index in [1.54, 1.807) is 36.4 Å². The van der Waals surface area contributed by atoms with Gasteiger partial charge in [0.25, 0.3) is 5.54 Å². The number of carbonyl (C=O) groups excluding carboxylic acids is 2. The summed E-state index contributed by atoms with van der Waals surface area (Å²) < 4.78 is 0. The number of rotatable bonds is 2. The molecule has 31 heavy (non-hydrogen) atoms. The molecule has 0 N–H and O–H groups in total. The lowest BCUT2D eigenvalue weighted by Gasteiger charge is -2.48. The summed E-state index contributed by atoms with van der Waals surface area (Å²) in [6, 6.07) is 21.6. The average molecular weight is 410 g/mol. The number of anilines is 1. The van der Waals surface area contributed by atoms with Gasteiger partial charge in [0, 0.05) is 22.0 Å². The third-order valence-corrected chi connectivity index (χ3v) is 7.22. The van der Waals surface area contributed by atoms with Crippen LogP contribution in [0.4, 0.5) is 5.69 Å². The number of carbonyl (C=O) groups is 2. The van der Waals surface area contributed by atoms with E-state index in [2.05, 4.69) is 0 Å². The van der Waals surface area contributed by atoms with Crippen molar-refractivity contribution in [2.45, 2.75) is 18.4 Å². The maximum absolute atomic E-state index is 13.8. The molecule has 3 aromatic rings. The number of nitrogens with zero attached hydrogens (tertiary/aromatic N) is 2. The van der Waals surface area contributed by atoms with Crippen LogP contribution in [0.1, 0.15) is 33.7 Å². The Morgan fingerprint density at radius 3 is 1.97 bits per heavy atom. The first-order valence-corrected chi connectivity index (χ1v) is 10.3. The van der Waals surface area contributed by atoms with Crippen LogP contribution in [-0.2, 0) is 15.1 Å². The van der Waals surface area contributed by atoms with Gasteiger partial charge >= 0.3 is 0 Å². The Labute approximate surface area is 178 Å². The van der Waals surface area contributed by atoms with Crippen LogP contribution >= 0.6 is 0 Å². The van der Waals surface area contributed by atoms with Crippen molar-refractivity contribution in [3.8, 4) is 0 Å². The van der Waals surface area contributed by atoms with Crippen LogP contribution in [0.25, 0.3) is 0 Å². The normalized spacial score (nSPS) is 27.6. The van der Waals surface area contributed by atoms with Gasteiger partial charge in [-0.3, -0.25) is 19.7 Å². The third-order valence-electron chi connectivity index (χ3n) is 7.22. The third kappa shape index (κ3) is 1.93. The Balaban J connectivity index is 1.69. The van der Waals surface area contributed by atoms with Crippen molar-refractivity contribution in [3.05, 3.63) is 111 Å². The summed E-state index contributed by atoms with van der Waals surface area (Å²) in [5.41, 5.74) is 2.09. The fourth-order valence-electron chi connectivity index (χ4n) is 6.09. The standard InChI is InChI=1S/C25H18N2O4/c1-14-8-2-7-13-19(14)26-23(28)21-20-15-9-3-5-11-17(15)25(27(30)31,22(21)24(26)29)18-12-6-4-10-16(18)20/h2-13,20-22H,1H3/t20?,21-,22+,25?/m1/s1. The van der Waals surface area contributed by atoms with Gasteiger partial charge in [-0.25, -0.2) is 4.90 Å². The zero-order valence-corrected chi connectivity index (χ0v) is 16.7. The SMILES string of the molecule is Cc1ccccc1N1C(=O)[C@@H]2C3c4ccccc4C([N+](=O)[O-])(c4ccccc43)[C@@H]2C1=O. The van der Waals surface area contributed by atoms with Crippen LogP contribution in [0.2, 0.25) is 0 Å². The van der Waals surface area contributed by atoms with E-state index in [1.807, 2.05) is 43.3 Å². The highest BCUT2D eigenvalue weighted by atomic mass is 16.6. The molecule has 3 aromatic carbocycles. The predicted molar refractivity (Wildman–Crippen MR) is 113 cm³/mol. The summed E-state index contributed by atoms with van der Waals surface area (Å²) in [7, 11) is 0. The molecule has 2 bridgehead atoms. The van der Waals surface area contributed by atoms with Crippen molar-refractivity contribution in [1.82, 2.24) is 0 Å². The zero-order chi connectivity index (χ0) is 21.5. The maximum Gasteiger partial charge on any atom is 0.285 e. The average Bonchev–Trinajstić information content (AvgIpc) is 3.05. The van der Waals surface area contributed by atoms with Crippen molar-refractivity contribution in [2.24, 2.45) is 11.8 Å². The molecule has 7 rings (SSSR count). The molecule has 2 amide bonds. The second kappa shape index (κ2) is 5.88. The smallest absolute Gasteiger partial charge is 0.274 e. The molecule has 1 saturated heterocycles. The first-order chi connectivity index (χ1) is 15.0. The minimum Gasteiger partial charge on any atom is -0.274 e. The number of nitro groups is 1. The van der Waals surface area contributed by atoms with Crippen LogP contribution in [0.15, 0.2) is 72.8 Å². The van der Waals surface area contributed by atoms with E-state index in [4.69, 9.17) is 0 Å². The summed E-state index contributed by atoms with van der Waals surface area (Å²) in [5.74, 6) is -3.11. The number of para-hydroxylation sites is 1. The second-order valence-electron chi connectivity index (χ2n) is 8.48. The van der Waals surface area contributed by atoms with Gasteiger partial charge < -0.3 is 0 Å². The monoisotopic (exact) mass is 410 g/mol. The van der Waals surface area contributed by atoms with Gasteiger partial charge in [-0.1, -0.05) is 66.7 Å². The fourth-order valence-corrected chi connectivity index (χ4v) is 6.09. The molecule has 1 fully saturated rings. The van der Waals surface area contributed by atoms with Crippen molar-refractivity contribution in [1.29, 1.82) is 0 Å². The Bertz CT molecular complexity index is 1270. The van der Waals surface area contributed by atoms with Gasteiger partial charge in [0.1, 0.15) is 5.92 Å². The molecule has 0 unspecified atom stereocenters. The van der Waals surface area contributed by atoms with E-state index < -0.39 is 23.3 Å². The van der Waals surface area contributed by atoms with Crippen molar-refractivity contribution in [2.75, 3.05) is 4.90 Å². The van der Waals surface area contributed by atoms with Crippen LogP contribution in [0.3, 0.4) is 0 Å². The molecule has 2 atom stereocenters. The van der Waals surface area contributed by atoms with E-state index in [0.717, 1.165) is 16.7 Å². The predicted octanol–water partition coefficient (Wildman–Crippen LogP) is 3.78. The number of imide groups is 1. The number of amides is 2. The quantitative estimate of drug-likeness (QED) is 0.366. The highest BCUT2D eigenvalue weighted by Crippen LogP contribution is 2.64. The molecule has 0 spiro atoms. The lowest BCUT2D eigenvalue weighted by molar-refractivity contribution is -0.578. The minimum absolute atomic E-state index is 0.343. The molecule has 3 aliphatic carbocycles. The van der Waals surface area contributed by atoms with Gasteiger partial charge in [0.15, 0.2) is 0 Å². The highest BCUT2D eigenvalue weighted by molar-refractivity contribution is 6.24. The Morgan fingerprint density at radius 2 is 1.39 bits per heavy atom. The van der Waals surface area contributed by atoms with E-state index in [1.165, 1.54) is 4.90 Å². The molecule has 1 heterocycles. The molecule has 0 aromatic heterocycles. The zero-order valence-electron chi connectivity index (χ0n) is 16.7. The summed E-state index contributed by atoms with van der Waals surface area (Å²) in [6.07, 6.45) is 0. The first-order valence-electron chi connectivity index (χ1n) is 10.3. The lowest BCUT2D eigenvalue weighted by atomic mass is 9.51. The molecular formula is C25H18N2O4. The lowest BCUT2D eigenvalue weighted by Crippen LogP contribution is -2.57. The largest absolute Gasteiger partial charge is 0.285 e. The molecular weight excluding hydrogens is 392 g/mol. The molecule has 1 aliphatic heterocycles. The van der Waals surface area contributed by atoms with Crippen molar-refractivity contribution in [3.63, 3.8) is 0 Å². The van der Waals surface area contributed by atoms with Gasteiger partial charge in [-0.15, -0.1) is 0 Å². The topological polar surface area (TPSA) is 80.5 Å². The molecule has 6 heteroatoms. The maximum atomic E-state index is 13.8. The van der Waals surface area contributed by atoms with E-state index in [0.29, 0.717) is 16.8 Å². The molecule has 4 aliphatic rings. The molecule has 152 valence electrons. The fraction of sp³-hybridized carbons (Fsp3) is 0.200. The van der Waals surface area contributed by atoms with Crippen LogP contribution < -0.4 is 4.90 Å². The van der Waals surface area contributed by atoms with Crippen LogP contribution in [0.5, 0.6) is 0 Å². The Morgan fingerprint density at radius 1 is 0.839 bits per heavy atom. The first kappa shape index (κ1) is 18.0. The molecule has 6 nitrogen and oxygen atoms in total. The Kier molecular flexibility index (Phi) is 3.41. The van der Waals surface area contributed by atoms with Crippen molar-refractivity contribution < 1.29 is 14.5 Å². The summed E-state index contributed by atoms with van der Waals surface area (Å²) >= 11 is 0. The van der Waals surface area contributed by atoms with E-state index >= 15 is 0 Å². The summed E-state index contributed by atoms with van der Waals surface area (Å²) in [5, 5.41) is 12.9. The second-order valence-corrected chi connectivity index (χ2v) is 8.48. The summed E-state index contributed by atoms with van der Waals surface area (Å²) in [4.78, 5) is 41.3. The summed E-state index contributed by atoms with van der Waals surface area (Å²) in [6.45, 7) is 1.83. The van der Waals surface area contributed by atoms with Crippen molar-refractivity contribution >= 4 is 17.5 Å². The van der Waals surface area contributed by atoms with Crippen LogP contribution in [0, 0.1) is 28.9 Å². The number of aryl methyl sites for hydroxylation is 1. The molecule has 0 radical (unpaired) electrons. The molecule has 0 saturated carbocycles. The van der Waals surface area contributed by atoms with Crippen LogP contribution in [-0.4, -0.2) is 16.7 Å². The van der Waals surface area contributed by atoms with Gasteiger partial charge in [0.05, 0.1) is 11.6 Å². The van der Waals surface area contributed by atoms with Gasteiger partial charge in [0.2, 0.25) is 11.8 Å². The highest BCUT2D eigenvalue weighted by Gasteiger charge is 2.74. The van der Waals surface area contributed by atoms with Gasteiger partial charge in [-0.2, -0.15) is 0 Å². The van der Waals surface area contributed by atoms with E-state index in [9.17, 15) is 19.7 Å². The number of benzene rings is 3. The number of hydrogen-bond acceptors (Lipinski definition) is 4. The van der Waals surface area contributed by atoms with Gasteiger partial charge in [-0.05, 0) is 29.7 Å². The van der Waals surface area contributed by atoms with E-state index in [-0.39, 0.29) is 16.7 Å². The number of hydrogen-bond donors (Lipinski definition) is 0. The Hall–Kier alpha value is -3.80.